The molecule has 10 heteroatoms. The number of hydrogen-bond donors (Lipinski definition) is 2. The van der Waals surface area contributed by atoms with Crippen molar-refractivity contribution < 1.29 is 13.2 Å². The molecule has 0 saturated carbocycles. The van der Waals surface area contributed by atoms with Gasteiger partial charge in [0.15, 0.2) is 5.78 Å². The van der Waals surface area contributed by atoms with Crippen molar-refractivity contribution in [3.63, 3.8) is 0 Å². The predicted molar refractivity (Wildman–Crippen MR) is 115 cm³/mol. The number of nitrogens with one attached hydrogen (secondary N) is 1. The van der Waals surface area contributed by atoms with Crippen molar-refractivity contribution >= 4 is 44.2 Å². The lowest BCUT2D eigenvalue weighted by Gasteiger charge is -2.09. The summed E-state index contributed by atoms with van der Waals surface area (Å²) in [6, 6.07) is 18.1. The summed E-state index contributed by atoms with van der Waals surface area (Å²) < 4.78 is 27.2. The summed E-state index contributed by atoms with van der Waals surface area (Å²) in [6.07, 6.45) is 0. The zero-order valence-corrected chi connectivity index (χ0v) is 17.1. The first-order chi connectivity index (χ1) is 14.8. The molecule has 1 aromatic heterocycles. The molecular weight excluding hydrogens is 416 g/mol. The van der Waals surface area contributed by atoms with Crippen LogP contribution in [0.5, 0.6) is 0 Å². The molecular formula is C21H16N6O3S. The number of nitrogens with two attached hydrogens (primary N) is 1. The summed E-state index contributed by atoms with van der Waals surface area (Å²) in [6.45, 7) is 1.44. The molecule has 0 aliphatic heterocycles. The van der Waals surface area contributed by atoms with E-state index in [1.165, 1.54) is 13.0 Å². The predicted octanol–water partition coefficient (Wildman–Crippen LogP) is 3.07. The number of Topliss-reactive ketones (excluding diaryl/α,β-unsaturated/α-hetero) is 1. The van der Waals surface area contributed by atoms with Gasteiger partial charge in [0.25, 0.3) is 10.0 Å². The van der Waals surface area contributed by atoms with Crippen LogP contribution < -0.4 is 11.1 Å². The van der Waals surface area contributed by atoms with Crippen molar-refractivity contribution in [3.8, 4) is 6.07 Å². The number of carbonyl (C=O) groups is 1. The first-order valence-electron chi connectivity index (χ1n) is 9.08. The molecule has 0 spiro atoms. The second-order valence-corrected chi connectivity index (χ2v) is 8.44. The van der Waals surface area contributed by atoms with Crippen LogP contribution in [-0.4, -0.2) is 28.4 Å². The molecule has 4 rings (SSSR count). The van der Waals surface area contributed by atoms with Crippen LogP contribution in [0.4, 0.5) is 17.6 Å². The Labute approximate surface area is 177 Å². The summed E-state index contributed by atoms with van der Waals surface area (Å²) >= 11 is 0. The number of nitriles is 1. The molecule has 0 radical (unpaired) electrons. The molecule has 0 aliphatic rings. The van der Waals surface area contributed by atoms with Crippen LogP contribution in [0, 0.1) is 11.3 Å². The third-order valence-corrected chi connectivity index (χ3v) is 6.26. The Kier molecular flexibility index (Phi) is 4.88. The average Bonchev–Trinajstić information content (AvgIpc) is 3.14. The van der Waals surface area contributed by atoms with Gasteiger partial charge in [-0.25, -0.2) is 0 Å². The van der Waals surface area contributed by atoms with Gasteiger partial charge in [-0.2, -0.15) is 18.7 Å². The maximum absolute atomic E-state index is 13.3. The van der Waals surface area contributed by atoms with E-state index in [0.717, 1.165) is 0 Å². The van der Waals surface area contributed by atoms with Gasteiger partial charge in [-0.3, -0.25) is 4.79 Å². The number of benzene rings is 3. The summed E-state index contributed by atoms with van der Waals surface area (Å²) in [7, 11) is -4.16. The SMILES string of the molecule is CC(=O)c1ccc2c(S(=O)(=O)n3nc(Nc4ccc(C#N)cc4)nc3N)cccc2c1. The monoisotopic (exact) mass is 432 g/mol. The minimum atomic E-state index is -4.16. The normalized spacial score (nSPS) is 11.2. The van der Waals surface area contributed by atoms with Crippen LogP contribution in [0.15, 0.2) is 65.6 Å². The van der Waals surface area contributed by atoms with E-state index in [2.05, 4.69) is 15.4 Å². The summed E-state index contributed by atoms with van der Waals surface area (Å²) in [5, 5.41) is 16.8. The lowest BCUT2D eigenvalue weighted by atomic mass is 10.1. The fraction of sp³-hybridized carbons (Fsp3) is 0.0476. The minimum absolute atomic E-state index is 0.00937. The van der Waals surface area contributed by atoms with Crippen molar-refractivity contribution in [2.24, 2.45) is 0 Å². The van der Waals surface area contributed by atoms with E-state index in [1.807, 2.05) is 6.07 Å². The van der Waals surface area contributed by atoms with Crippen molar-refractivity contribution in [2.75, 3.05) is 11.1 Å². The van der Waals surface area contributed by atoms with Crippen molar-refractivity contribution in [1.29, 1.82) is 5.26 Å². The minimum Gasteiger partial charge on any atom is -0.367 e. The van der Waals surface area contributed by atoms with Gasteiger partial charge in [-0.1, -0.05) is 24.3 Å². The molecule has 31 heavy (non-hydrogen) atoms. The second kappa shape index (κ2) is 7.55. The van der Waals surface area contributed by atoms with Crippen LogP contribution >= 0.6 is 0 Å². The summed E-state index contributed by atoms with van der Waals surface area (Å²) in [5.74, 6) is -0.437. The maximum atomic E-state index is 13.3. The van der Waals surface area contributed by atoms with Crippen molar-refractivity contribution in [1.82, 2.24) is 14.2 Å². The zero-order valence-electron chi connectivity index (χ0n) is 16.3. The Morgan fingerprint density at radius 3 is 2.55 bits per heavy atom. The van der Waals surface area contributed by atoms with Crippen LogP contribution in [0.3, 0.4) is 0 Å². The van der Waals surface area contributed by atoms with E-state index >= 15 is 0 Å². The number of rotatable bonds is 5. The largest absolute Gasteiger partial charge is 0.367 e. The van der Waals surface area contributed by atoms with E-state index in [0.29, 0.717) is 31.7 Å². The highest BCUT2D eigenvalue weighted by molar-refractivity contribution is 7.90. The van der Waals surface area contributed by atoms with Crippen LogP contribution in [0.25, 0.3) is 10.8 Å². The highest BCUT2D eigenvalue weighted by Gasteiger charge is 2.25. The fourth-order valence-electron chi connectivity index (χ4n) is 3.09. The third kappa shape index (κ3) is 3.70. The van der Waals surface area contributed by atoms with Crippen molar-refractivity contribution in [3.05, 3.63) is 71.8 Å². The molecule has 9 nitrogen and oxygen atoms in total. The lowest BCUT2D eigenvalue weighted by Crippen LogP contribution is -2.17. The number of carbonyl (C=O) groups excluding carboxylic acids is 1. The van der Waals surface area contributed by atoms with Crippen molar-refractivity contribution in [2.45, 2.75) is 11.8 Å². The summed E-state index contributed by atoms with van der Waals surface area (Å²) in [5.41, 5.74) is 7.38. The number of hydrogen-bond acceptors (Lipinski definition) is 8. The van der Waals surface area contributed by atoms with Crippen LogP contribution in [0.2, 0.25) is 0 Å². The van der Waals surface area contributed by atoms with Gasteiger partial charge >= 0.3 is 0 Å². The lowest BCUT2D eigenvalue weighted by molar-refractivity contribution is 0.101. The Bertz CT molecular complexity index is 1470. The third-order valence-electron chi connectivity index (χ3n) is 4.62. The van der Waals surface area contributed by atoms with Gasteiger partial charge in [-0.15, -0.1) is 9.19 Å². The Balaban J connectivity index is 1.74. The number of nitrogens with zero attached hydrogens (tertiary/aromatic N) is 4. The Morgan fingerprint density at radius 1 is 1.13 bits per heavy atom. The molecule has 3 N–H and O–H groups in total. The summed E-state index contributed by atoms with van der Waals surface area (Å²) in [4.78, 5) is 15.6. The molecule has 4 aromatic rings. The second-order valence-electron chi connectivity index (χ2n) is 6.70. The molecule has 0 saturated heterocycles. The maximum Gasteiger partial charge on any atom is 0.286 e. The highest BCUT2D eigenvalue weighted by atomic mass is 32.2. The molecule has 0 bridgehead atoms. The van der Waals surface area contributed by atoms with E-state index in [1.54, 1.807) is 54.6 Å². The number of aromatic nitrogens is 3. The van der Waals surface area contributed by atoms with Gasteiger partial charge < -0.3 is 11.1 Å². The first kappa shape index (κ1) is 20.1. The topological polar surface area (TPSA) is 144 Å². The van der Waals surface area contributed by atoms with Gasteiger partial charge in [-0.05, 0) is 48.7 Å². The Morgan fingerprint density at radius 2 is 1.87 bits per heavy atom. The molecule has 154 valence electrons. The van der Waals surface area contributed by atoms with E-state index in [9.17, 15) is 13.2 Å². The van der Waals surface area contributed by atoms with E-state index in [-0.39, 0.29) is 22.6 Å². The van der Waals surface area contributed by atoms with Gasteiger partial charge in [0.1, 0.15) is 0 Å². The van der Waals surface area contributed by atoms with Crippen LogP contribution in [0.1, 0.15) is 22.8 Å². The van der Waals surface area contributed by atoms with Gasteiger partial charge in [0.05, 0.1) is 16.5 Å². The standard InChI is InChI=1S/C21H16N6O3S/c1-13(28)15-7-10-18-16(11-15)3-2-4-19(18)31(29,30)27-20(23)25-21(26-27)24-17-8-5-14(12-22)6-9-17/h2-11H,1H3,(H3,23,24,25,26). The molecule has 0 aliphatic carbocycles. The van der Waals surface area contributed by atoms with Crippen LogP contribution in [-0.2, 0) is 10.0 Å². The molecule has 0 unspecified atom stereocenters. The van der Waals surface area contributed by atoms with Gasteiger partial charge in [0.2, 0.25) is 11.9 Å². The zero-order chi connectivity index (χ0) is 22.2. The number of ketones is 1. The van der Waals surface area contributed by atoms with E-state index < -0.39 is 10.0 Å². The smallest absolute Gasteiger partial charge is 0.286 e. The number of anilines is 3. The number of fused-ring (bicyclic) bond motifs is 1. The first-order valence-corrected chi connectivity index (χ1v) is 10.5. The molecule has 0 amide bonds. The fourth-order valence-corrected chi connectivity index (χ4v) is 4.46. The molecule has 3 aromatic carbocycles. The molecule has 0 atom stereocenters. The average molecular weight is 432 g/mol. The quantitative estimate of drug-likeness (QED) is 0.458. The van der Waals surface area contributed by atoms with E-state index in [4.69, 9.17) is 11.0 Å². The van der Waals surface area contributed by atoms with Gasteiger partial charge in [0, 0.05) is 16.6 Å². The Hall–Kier alpha value is -4.23. The molecule has 0 fully saturated rings. The highest BCUT2D eigenvalue weighted by Crippen LogP contribution is 2.27. The number of nitrogen functional groups attached to an aromatic ring is 1. The molecule has 1 heterocycles.